The molecule has 6 unspecified atom stereocenters. The Kier molecular flexibility index (Phi) is 4.91. The van der Waals surface area contributed by atoms with E-state index in [2.05, 4.69) is 13.8 Å². The van der Waals surface area contributed by atoms with E-state index in [4.69, 9.17) is 5.11 Å². The van der Waals surface area contributed by atoms with Crippen molar-refractivity contribution < 1.29 is 15.0 Å². The first kappa shape index (κ1) is 18.8. The number of hydrogen-bond donors (Lipinski definition) is 2. The molecule has 8 atom stereocenters. The number of carbonyl (C=O) groups is 1. The minimum Gasteiger partial charge on any atom is -0.481 e. The fourth-order valence-electron chi connectivity index (χ4n) is 8.44. The van der Waals surface area contributed by atoms with Crippen molar-refractivity contribution >= 4 is 5.97 Å². The van der Waals surface area contributed by atoms with Gasteiger partial charge in [-0.3, -0.25) is 4.79 Å². The molecule has 0 radical (unpaired) electrons. The van der Waals surface area contributed by atoms with Crippen molar-refractivity contribution in [2.24, 2.45) is 40.4 Å². The molecule has 0 saturated heterocycles. The molecule has 0 spiro atoms. The molecule has 0 aliphatic heterocycles. The van der Waals surface area contributed by atoms with Gasteiger partial charge >= 0.3 is 5.97 Å². The van der Waals surface area contributed by atoms with Crippen molar-refractivity contribution in [3.05, 3.63) is 0 Å². The lowest BCUT2D eigenvalue weighted by Crippen LogP contribution is -2.56. The van der Waals surface area contributed by atoms with Gasteiger partial charge in [-0.25, -0.2) is 0 Å². The number of carboxylic acids is 1. The van der Waals surface area contributed by atoms with Crippen molar-refractivity contribution in [1.29, 1.82) is 0 Å². The van der Waals surface area contributed by atoms with Gasteiger partial charge in [0.05, 0.1) is 6.10 Å². The molecule has 4 fully saturated rings. The van der Waals surface area contributed by atoms with Crippen LogP contribution in [0, 0.1) is 40.4 Å². The van der Waals surface area contributed by atoms with Crippen LogP contribution in [0.4, 0.5) is 0 Å². The van der Waals surface area contributed by atoms with Gasteiger partial charge in [0.25, 0.3) is 0 Å². The van der Waals surface area contributed by atoms with Crippen LogP contribution < -0.4 is 0 Å². The molecule has 2 N–H and O–H groups in total. The van der Waals surface area contributed by atoms with Crippen LogP contribution in [0.25, 0.3) is 0 Å². The monoisotopic (exact) mass is 362 g/mol. The lowest BCUT2D eigenvalue weighted by atomic mass is 9.44. The van der Waals surface area contributed by atoms with E-state index in [1.165, 1.54) is 51.4 Å². The van der Waals surface area contributed by atoms with Crippen LogP contribution in [0.15, 0.2) is 0 Å². The summed E-state index contributed by atoms with van der Waals surface area (Å²) in [6.45, 7) is 5.02. The normalized spacial score (nSPS) is 50.6. The molecular formula is C23H38O3. The molecule has 0 aromatic carbocycles. The van der Waals surface area contributed by atoms with Crippen LogP contribution in [-0.2, 0) is 4.79 Å². The number of aliphatic carboxylic acids is 1. The molecule has 4 rings (SSSR count). The van der Waals surface area contributed by atoms with E-state index in [-0.39, 0.29) is 6.10 Å². The van der Waals surface area contributed by atoms with Crippen molar-refractivity contribution in [3.63, 3.8) is 0 Å². The van der Waals surface area contributed by atoms with Crippen LogP contribution in [0.1, 0.15) is 90.9 Å². The van der Waals surface area contributed by atoms with Gasteiger partial charge in [0.2, 0.25) is 0 Å². The average molecular weight is 363 g/mol. The average Bonchev–Trinajstić information content (AvgIpc) is 2.91. The van der Waals surface area contributed by atoms with E-state index in [0.717, 1.165) is 31.1 Å². The summed E-state index contributed by atoms with van der Waals surface area (Å²) in [6, 6.07) is 0. The van der Waals surface area contributed by atoms with E-state index in [1.54, 1.807) is 0 Å². The maximum absolute atomic E-state index is 11.0. The highest BCUT2D eigenvalue weighted by Crippen LogP contribution is 2.67. The molecule has 0 aromatic rings. The predicted octanol–water partition coefficient (Wildman–Crippen LogP) is 5.26. The SMILES string of the molecule is CC12CC[C@H]3C(C[C@H](O)C4CCCCC43C)C1CCC2CCCC(=O)O. The van der Waals surface area contributed by atoms with Crippen LogP contribution in [0.5, 0.6) is 0 Å². The Morgan fingerprint density at radius 2 is 1.73 bits per heavy atom. The van der Waals surface area contributed by atoms with Crippen molar-refractivity contribution in [2.75, 3.05) is 0 Å². The molecular weight excluding hydrogens is 324 g/mol. The first-order chi connectivity index (χ1) is 12.4. The summed E-state index contributed by atoms with van der Waals surface area (Å²) in [5, 5.41) is 20.0. The van der Waals surface area contributed by atoms with Crippen molar-refractivity contribution in [3.8, 4) is 0 Å². The summed E-state index contributed by atoms with van der Waals surface area (Å²) in [6.07, 6.45) is 13.7. The zero-order valence-corrected chi connectivity index (χ0v) is 16.8. The minimum absolute atomic E-state index is 0.0880. The van der Waals surface area contributed by atoms with Crippen LogP contribution in [0.3, 0.4) is 0 Å². The Balaban J connectivity index is 1.52. The van der Waals surface area contributed by atoms with Crippen molar-refractivity contribution in [2.45, 2.75) is 97.0 Å². The van der Waals surface area contributed by atoms with Crippen LogP contribution >= 0.6 is 0 Å². The summed E-state index contributed by atoms with van der Waals surface area (Å²) in [7, 11) is 0. The van der Waals surface area contributed by atoms with Crippen LogP contribution in [-0.4, -0.2) is 22.3 Å². The Hall–Kier alpha value is -0.570. The van der Waals surface area contributed by atoms with E-state index in [0.29, 0.717) is 35.0 Å². The fraction of sp³-hybridized carbons (Fsp3) is 0.957. The maximum Gasteiger partial charge on any atom is 0.303 e. The molecule has 0 heterocycles. The second-order valence-corrected chi connectivity index (χ2v) is 10.6. The summed E-state index contributed by atoms with van der Waals surface area (Å²) < 4.78 is 0. The molecule has 0 aromatic heterocycles. The highest BCUT2D eigenvalue weighted by atomic mass is 16.4. The summed E-state index contributed by atoms with van der Waals surface area (Å²) in [5.41, 5.74) is 0.751. The summed E-state index contributed by atoms with van der Waals surface area (Å²) in [4.78, 5) is 10.9. The Morgan fingerprint density at radius 3 is 2.50 bits per heavy atom. The van der Waals surface area contributed by atoms with Gasteiger partial charge in [-0.1, -0.05) is 26.7 Å². The van der Waals surface area contributed by atoms with Gasteiger partial charge < -0.3 is 10.2 Å². The van der Waals surface area contributed by atoms with Gasteiger partial charge in [0.1, 0.15) is 0 Å². The largest absolute Gasteiger partial charge is 0.481 e. The predicted molar refractivity (Wildman–Crippen MR) is 103 cm³/mol. The topological polar surface area (TPSA) is 57.5 Å². The van der Waals surface area contributed by atoms with Gasteiger partial charge in [-0.05, 0) is 98.2 Å². The van der Waals surface area contributed by atoms with E-state index in [9.17, 15) is 9.90 Å². The smallest absolute Gasteiger partial charge is 0.303 e. The zero-order chi connectivity index (χ0) is 18.5. The Morgan fingerprint density at radius 1 is 0.962 bits per heavy atom. The highest BCUT2D eigenvalue weighted by molar-refractivity contribution is 5.66. The van der Waals surface area contributed by atoms with E-state index in [1.807, 2.05) is 0 Å². The third-order valence-electron chi connectivity index (χ3n) is 9.73. The first-order valence-electron chi connectivity index (χ1n) is 11.3. The lowest BCUT2D eigenvalue weighted by Gasteiger charge is -2.61. The number of rotatable bonds is 4. The quantitative estimate of drug-likeness (QED) is 0.717. The van der Waals surface area contributed by atoms with Gasteiger partial charge in [-0.2, -0.15) is 0 Å². The maximum atomic E-state index is 11.0. The molecule has 4 saturated carbocycles. The summed E-state index contributed by atoms with van der Waals surface area (Å²) in [5.74, 6) is 2.85. The minimum atomic E-state index is -0.653. The molecule has 4 aliphatic carbocycles. The molecule has 26 heavy (non-hydrogen) atoms. The highest BCUT2D eigenvalue weighted by Gasteiger charge is 2.61. The van der Waals surface area contributed by atoms with Gasteiger partial charge in [0, 0.05) is 6.42 Å². The molecule has 3 nitrogen and oxygen atoms in total. The second kappa shape index (κ2) is 6.79. The van der Waals surface area contributed by atoms with Crippen molar-refractivity contribution in [1.82, 2.24) is 0 Å². The van der Waals surface area contributed by atoms with E-state index < -0.39 is 5.97 Å². The number of hydrogen-bond acceptors (Lipinski definition) is 2. The Labute approximate surface area is 158 Å². The first-order valence-corrected chi connectivity index (χ1v) is 11.3. The molecule has 0 amide bonds. The summed E-state index contributed by atoms with van der Waals surface area (Å²) >= 11 is 0. The lowest BCUT2D eigenvalue weighted by molar-refractivity contribution is -0.157. The fourth-order valence-corrected chi connectivity index (χ4v) is 8.44. The van der Waals surface area contributed by atoms with E-state index >= 15 is 0 Å². The number of fused-ring (bicyclic) bond motifs is 5. The molecule has 148 valence electrons. The third-order valence-corrected chi connectivity index (χ3v) is 9.73. The molecule has 3 heteroatoms. The third kappa shape index (κ3) is 2.84. The standard InChI is InChI=1S/C23H38O3/c1-22-13-11-18-16(14-20(24)19-7-3-4-12-23(18,19)2)17(22)10-9-15(22)6-5-8-21(25)26/h15-20,24H,3-14H2,1-2H3,(H,25,26)/t15?,16?,17?,18-,19?,20-,22?,23?/m0/s1. The second-order valence-electron chi connectivity index (χ2n) is 10.6. The number of aliphatic hydroxyl groups is 1. The zero-order valence-electron chi connectivity index (χ0n) is 16.8. The van der Waals surface area contributed by atoms with Gasteiger partial charge in [0.15, 0.2) is 0 Å². The number of carboxylic acid groups (broad SMARTS) is 1. The Bertz CT molecular complexity index is 546. The van der Waals surface area contributed by atoms with Gasteiger partial charge in [-0.15, -0.1) is 0 Å². The number of aliphatic hydroxyl groups excluding tert-OH is 1. The molecule has 4 aliphatic rings. The molecule has 0 bridgehead atoms. The van der Waals surface area contributed by atoms with Crippen LogP contribution in [0.2, 0.25) is 0 Å².